The SMILES string of the molecule is CCN(C)c1nccc2oc(C=O)cc12. The predicted molar refractivity (Wildman–Crippen MR) is 58.3 cm³/mol. The molecule has 4 heteroatoms. The van der Waals surface area contributed by atoms with Crippen molar-refractivity contribution in [3.05, 3.63) is 24.1 Å². The molecule has 0 saturated heterocycles. The van der Waals surface area contributed by atoms with E-state index in [9.17, 15) is 4.79 Å². The van der Waals surface area contributed by atoms with Crippen LogP contribution in [0.2, 0.25) is 0 Å². The lowest BCUT2D eigenvalue weighted by atomic mass is 10.3. The summed E-state index contributed by atoms with van der Waals surface area (Å²) >= 11 is 0. The number of furan rings is 1. The van der Waals surface area contributed by atoms with Gasteiger partial charge in [-0.25, -0.2) is 4.98 Å². The van der Waals surface area contributed by atoms with Crippen molar-refractivity contribution in [2.75, 3.05) is 18.5 Å². The Hall–Kier alpha value is -1.84. The Bertz CT molecular complexity index is 490. The Labute approximate surface area is 87.5 Å². The molecule has 0 aliphatic heterocycles. The van der Waals surface area contributed by atoms with Crippen LogP contribution in [0, 0.1) is 0 Å². The number of carbonyl (C=O) groups is 1. The van der Waals surface area contributed by atoms with E-state index in [1.165, 1.54) is 0 Å². The summed E-state index contributed by atoms with van der Waals surface area (Å²) in [5.41, 5.74) is 0.697. The highest BCUT2D eigenvalue weighted by Crippen LogP contribution is 2.26. The van der Waals surface area contributed by atoms with Crippen molar-refractivity contribution in [1.29, 1.82) is 0 Å². The molecule has 0 unspecified atom stereocenters. The first kappa shape index (κ1) is 9.71. The van der Waals surface area contributed by atoms with Crippen LogP contribution in [0.25, 0.3) is 11.0 Å². The van der Waals surface area contributed by atoms with Crippen molar-refractivity contribution < 1.29 is 9.21 Å². The molecule has 15 heavy (non-hydrogen) atoms. The van der Waals surface area contributed by atoms with Crippen molar-refractivity contribution >= 4 is 23.1 Å². The van der Waals surface area contributed by atoms with Gasteiger partial charge in [-0.1, -0.05) is 0 Å². The fourth-order valence-corrected chi connectivity index (χ4v) is 1.48. The summed E-state index contributed by atoms with van der Waals surface area (Å²) in [6.45, 7) is 2.90. The van der Waals surface area contributed by atoms with Gasteiger partial charge >= 0.3 is 0 Å². The molecule has 2 aromatic heterocycles. The van der Waals surface area contributed by atoms with Crippen LogP contribution in [0.1, 0.15) is 17.5 Å². The molecular weight excluding hydrogens is 192 g/mol. The van der Waals surface area contributed by atoms with Crippen LogP contribution in [0.5, 0.6) is 0 Å². The molecule has 0 aliphatic rings. The lowest BCUT2D eigenvalue weighted by Crippen LogP contribution is -2.17. The number of anilines is 1. The summed E-state index contributed by atoms with van der Waals surface area (Å²) in [5, 5.41) is 0.879. The number of carbonyl (C=O) groups excluding carboxylic acids is 1. The number of pyridine rings is 1. The lowest BCUT2D eigenvalue weighted by molar-refractivity contribution is 0.110. The maximum absolute atomic E-state index is 10.6. The Morgan fingerprint density at radius 2 is 2.40 bits per heavy atom. The molecule has 2 rings (SSSR count). The van der Waals surface area contributed by atoms with Gasteiger partial charge in [0.05, 0.1) is 5.39 Å². The fraction of sp³-hybridized carbons (Fsp3) is 0.273. The molecule has 0 amide bonds. The summed E-state index contributed by atoms with van der Waals surface area (Å²) < 4.78 is 5.32. The van der Waals surface area contributed by atoms with E-state index >= 15 is 0 Å². The molecule has 2 aromatic rings. The average Bonchev–Trinajstić information content (AvgIpc) is 2.70. The van der Waals surface area contributed by atoms with Crippen molar-refractivity contribution in [2.45, 2.75) is 6.92 Å². The Morgan fingerprint density at radius 3 is 3.07 bits per heavy atom. The average molecular weight is 204 g/mol. The first-order valence-electron chi connectivity index (χ1n) is 4.81. The fourth-order valence-electron chi connectivity index (χ4n) is 1.48. The van der Waals surface area contributed by atoms with Gasteiger partial charge in [-0.15, -0.1) is 0 Å². The molecule has 0 spiro atoms. The Morgan fingerprint density at radius 1 is 1.60 bits per heavy atom. The highest BCUT2D eigenvalue weighted by Gasteiger charge is 2.10. The number of fused-ring (bicyclic) bond motifs is 1. The van der Waals surface area contributed by atoms with Crippen LogP contribution >= 0.6 is 0 Å². The van der Waals surface area contributed by atoms with Crippen LogP contribution in [0.15, 0.2) is 22.7 Å². The van der Waals surface area contributed by atoms with Gasteiger partial charge in [0.15, 0.2) is 12.0 Å². The Kier molecular flexibility index (Phi) is 2.41. The number of aldehydes is 1. The van der Waals surface area contributed by atoms with Gasteiger partial charge in [0.25, 0.3) is 0 Å². The second kappa shape index (κ2) is 3.73. The van der Waals surface area contributed by atoms with E-state index in [0.29, 0.717) is 17.6 Å². The molecule has 0 aliphatic carbocycles. The topological polar surface area (TPSA) is 46.3 Å². The zero-order valence-electron chi connectivity index (χ0n) is 8.73. The van der Waals surface area contributed by atoms with E-state index in [4.69, 9.17) is 4.42 Å². The van der Waals surface area contributed by atoms with Crippen molar-refractivity contribution in [2.24, 2.45) is 0 Å². The summed E-state index contributed by atoms with van der Waals surface area (Å²) in [5.74, 6) is 1.18. The quantitative estimate of drug-likeness (QED) is 0.718. The van der Waals surface area contributed by atoms with E-state index in [1.807, 2.05) is 18.9 Å². The number of aromatic nitrogens is 1. The number of rotatable bonds is 3. The van der Waals surface area contributed by atoms with Gasteiger partial charge in [-0.2, -0.15) is 0 Å². The standard InChI is InChI=1S/C11H12N2O2/c1-3-13(2)11-9-6-8(7-14)15-10(9)4-5-12-11/h4-7H,3H2,1-2H3. The van der Waals surface area contributed by atoms with Crippen molar-refractivity contribution in [3.8, 4) is 0 Å². The van der Waals surface area contributed by atoms with Gasteiger partial charge in [-0.05, 0) is 19.1 Å². The molecule has 2 heterocycles. The zero-order valence-corrected chi connectivity index (χ0v) is 8.73. The predicted octanol–water partition coefficient (Wildman–Crippen LogP) is 2.10. The molecule has 0 fully saturated rings. The molecule has 0 saturated carbocycles. The third-order valence-electron chi connectivity index (χ3n) is 2.40. The monoisotopic (exact) mass is 204 g/mol. The van der Waals surface area contributed by atoms with Gasteiger partial charge < -0.3 is 9.32 Å². The summed E-state index contributed by atoms with van der Waals surface area (Å²) in [4.78, 5) is 16.9. The molecule has 0 N–H and O–H groups in total. The van der Waals surface area contributed by atoms with E-state index < -0.39 is 0 Å². The second-order valence-corrected chi connectivity index (χ2v) is 3.33. The summed E-state index contributed by atoms with van der Waals surface area (Å²) in [6.07, 6.45) is 2.39. The molecular formula is C11H12N2O2. The molecule has 4 nitrogen and oxygen atoms in total. The van der Waals surface area contributed by atoms with Crippen molar-refractivity contribution in [3.63, 3.8) is 0 Å². The van der Waals surface area contributed by atoms with Crippen LogP contribution in [0.3, 0.4) is 0 Å². The highest BCUT2D eigenvalue weighted by atomic mass is 16.3. The number of hydrogen-bond acceptors (Lipinski definition) is 4. The third kappa shape index (κ3) is 1.58. The van der Waals surface area contributed by atoms with Gasteiger partial charge in [0.2, 0.25) is 0 Å². The van der Waals surface area contributed by atoms with E-state index in [0.717, 1.165) is 17.7 Å². The Balaban J connectivity index is 2.63. The first-order chi connectivity index (χ1) is 7.26. The second-order valence-electron chi connectivity index (χ2n) is 3.33. The minimum absolute atomic E-state index is 0.337. The van der Waals surface area contributed by atoms with Gasteiger partial charge in [-0.3, -0.25) is 4.79 Å². The molecule has 0 aromatic carbocycles. The normalized spacial score (nSPS) is 10.5. The maximum atomic E-state index is 10.6. The number of hydrogen-bond donors (Lipinski definition) is 0. The van der Waals surface area contributed by atoms with E-state index in [-0.39, 0.29) is 0 Å². The van der Waals surface area contributed by atoms with Crippen molar-refractivity contribution in [1.82, 2.24) is 4.98 Å². The smallest absolute Gasteiger partial charge is 0.185 e. The van der Waals surface area contributed by atoms with Gasteiger partial charge in [0.1, 0.15) is 11.4 Å². The first-order valence-corrected chi connectivity index (χ1v) is 4.81. The minimum Gasteiger partial charge on any atom is -0.453 e. The maximum Gasteiger partial charge on any atom is 0.185 e. The van der Waals surface area contributed by atoms with Crippen LogP contribution in [-0.4, -0.2) is 24.9 Å². The summed E-state index contributed by atoms with van der Waals surface area (Å²) in [6, 6.07) is 3.48. The van der Waals surface area contributed by atoms with E-state index in [1.54, 1.807) is 18.3 Å². The third-order valence-corrected chi connectivity index (χ3v) is 2.40. The summed E-state index contributed by atoms with van der Waals surface area (Å²) in [7, 11) is 1.95. The van der Waals surface area contributed by atoms with Gasteiger partial charge in [0, 0.05) is 19.8 Å². The number of nitrogens with zero attached hydrogens (tertiary/aromatic N) is 2. The largest absolute Gasteiger partial charge is 0.453 e. The van der Waals surface area contributed by atoms with Crippen LogP contribution in [-0.2, 0) is 0 Å². The van der Waals surface area contributed by atoms with E-state index in [2.05, 4.69) is 4.98 Å². The molecule has 0 atom stereocenters. The molecule has 78 valence electrons. The molecule has 0 bridgehead atoms. The highest BCUT2D eigenvalue weighted by molar-refractivity contribution is 5.92. The zero-order chi connectivity index (χ0) is 10.8. The lowest BCUT2D eigenvalue weighted by Gasteiger charge is -2.15. The van der Waals surface area contributed by atoms with Crippen LogP contribution < -0.4 is 4.90 Å². The minimum atomic E-state index is 0.337. The molecule has 0 radical (unpaired) electrons. The van der Waals surface area contributed by atoms with Crippen LogP contribution in [0.4, 0.5) is 5.82 Å².